The van der Waals surface area contributed by atoms with Gasteiger partial charge in [-0.25, -0.2) is 4.39 Å². The molecule has 1 aromatic carbocycles. The van der Waals surface area contributed by atoms with Crippen LogP contribution in [0.4, 0.5) is 4.39 Å². The molecule has 3 nitrogen and oxygen atoms in total. The predicted octanol–water partition coefficient (Wildman–Crippen LogP) is 2.02. The van der Waals surface area contributed by atoms with Gasteiger partial charge in [-0.05, 0) is 37.4 Å². The first-order valence-corrected chi connectivity index (χ1v) is 6.99. The standard InChI is InChI=1S/C15H21FN2O/c16-14-7-2-1-5-12(14)11-15(19)18-10-8-13-6-3-4-9-17-13/h1-2,5,7,13,17H,3-4,6,8-11H2,(H,18,19). The zero-order chi connectivity index (χ0) is 13.5. The number of hydrogen-bond acceptors (Lipinski definition) is 2. The van der Waals surface area contributed by atoms with Gasteiger partial charge in [0.05, 0.1) is 6.42 Å². The quantitative estimate of drug-likeness (QED) is 0.854. The summed E-state index contributed by atoms with van der Waals surface area (Å²) < 4.78 is 13.4. The molecule has 1 aliphatic heterocycles. The van der Waals surface area contributed by atoms with Crippen molar-refractivity contribution < 1.29 is 9.18 Å². The van der Waals surface area contributed by atoms with E-state index in [0.29, 0.717) is 18.2 Å². The molecule has 0 spiro atoms. The number of carbonyl (C=O) groups is 1. The highest BCUT2D eigenvalue weighted by Gasteiger charge is 2.12. The van der Waals surface area contributed by atoms with Crippen molar-refractivity contribution in [3.8, 4) is 0 Å². The summed E-state index contributed by atoms with van der Waals surface area (Å²) in [5.41, 5.74) is 0.454. The lowest BCUT2D eigenvalue weighted by Gasteiger charge is -2.23. The minimum absolute atomic E-state index is 0.110. The fourth-order valence-electron chi connectivity index (χ4n) is 2.43. The van der Waals surface area contributed by atoms with Gasteiger partial charge in [-0.1, -0.05) is 24.6 Å². The maximum Gasteiger partial charge on any atom is 0.224 e. The molecule has 104 valence electrons. The highest BCUT2D eigenvalue weighted by atomic mass is 19.1. The number of hydrogen-bond donors (Lipinski definition) is 2. The van der Waals surface area contributed by atoms with Crippen LogP contribution in [0.1, 0.15) is 31.2 Å². The fourth-order valence-corrected chi connectivity index (χ4v) is 2.43. The van der Waals surface area contributed by atoms with E-state index in [0.717, 1.165) is 13.0 Å². The van der Waals surface area contributed by atoms with Gasteiger partial charge in [0.15, 0.2) is 0 Å². The van der Waals surface area contributed by atoms with E-state index in [1.54, 1.807) is 18.2 Å². The van der Waals surface area contributed by atoms with Crippen LogP contribution >= 0.6 is 0 Å². The second-order valence-corrected chi connectivity index (χ2v) is 5.05. The summed E-state index contributed by atoms with van der Waals surface area (Å²) in [4.78, 5) is 11.7. The van der Waals surface area contributed by atoms with Crippen LogP contribution in [-0.2, 0) is 11.2 Å². The molecule has 4 heteroatoms. The summed E-state index contributed by atoms with van der Waals surface area (Å²) in [6.07, 6.45) is 4.76. The van der Waals surface area contributed by atoms with Gasteiger partial charge >= 0.3 is 0 Å². The van der Waals surface area contributed by atoms with E-state index >= 15 is 0 Å². The first kappa shape index (κ1) is 14.0. The molecule has 1 atom stereocenters. The minimum atomic E-state index is -0.313. The van der Waals surface area contributed by atoms with Crippen molar-refractivity contribution in [3.63, 3.8) is 0 Å². The van der Waals surface area contributed by atoms with Gasteiger partial charge in [0, 0.05) is 12.6 Å². The number of rotatable bonds is 5. The summed E-state index contributed by atoms with van der Waals surface area (Å²) >= 11 is 0. The molecule has 2 N–H and O–H groups in total. The number of halogens is 1. The molecule has 0 aromatic heterocycles. The van der Waals surface area contributed by atoms with Gasteiger partial charge in [0.1, 0.15) is 5.82 Å². The molecule has 1 heterocycles. The van der Waals surface area contributed by atoms with Crippen molar-refractivity contribution in [2.24, 2.45) is 0 Å². The van der Waals surface area contributed by atoms with Gasteiger partial charge in [0.2, 0.25) is 5.91 Å². The second kappa shape index (κ2) is 7.24. The van der Waals surface area contributed by atoms with Crippen molar-refractivity contribution in [1.29, 1.82) is 0 Å². The molecule has 0 aliphatic carbocycles. The molecular formula is C15H21FN2O. The van der Waals surface area contributed by atoms with Gasteiger partial charge in [-0.2, -0.15) is 0 Å². The third kappa shape index (κ3) is 4.63. The van der Waals surface area contributed by atoms with Crippen molar-refractivity contribution >= 4 is 5.91 Å². The van der Waals surface area contributed by atoms with Crippen LogP contribution in [0.2, 0.25) is 0 Å². The van der Waals surface area contributed by atoms with Crippen LogP contribution in [-0.4, -0.2) is 25.0 Å². The lowest BCUT2D eigenvalue weighted by molar-refractivity contribution is -0.120. The summed E-state index contributed by atoms with van der Waals surface area (Å²) in [7, 11) is 0. The Hall–Kier alpha value is -1.42. The number of benzene rings is 1. The van der Waals surface area contributed by atoms with E-state index < -0.39 is 0 Å². The summed E-state index contributed by atoms with van der Waals surface area (Å²) in [5.74, 6) is -0.424. The van der Waals surface area contributed by atoms with E-state index in [2.05, 4.69) is 10.6 Å². The monoisotopic (exact) mass is 264 g/mol. The molecule has 1 unspecified atom stereocenters. The molecule has 0 bridgehead atoms. The van der Waals surface area contributed by atoms with Crippen LogP contribution in [0.3, 0.4) is 0 Å². The van der Waals surface area contributed by atoms with Crippen LogP contribution < -0.4 is 10.6 Å². The Morgan fingerprint density at radius 1 is 1.37 bits per heavy atom. The molecule has 1 aliphatic rings. The van der Waals surface area contributed by atoms with Gasteiger partial charge in [0.25, 0.3) is 0 Å². The Morgan fingerprint density at radius 2 is 2.21 bits per heavy atom. The second-order valence-electron chi connectivity index (χ2n) is 5.05. The van der Waals surface area contributed by atoms with Crippen LogP contribution in [0.5, 0.6) is 0 Å². The smallest absolute Gasteiger partial charge is 0.224 e. The number of amides is 1. The van der Waals surface area contributed by atoms with Crippen molar-refractivity contribution in [1.82, 2.24) is 10.6 Å². The molecule has 19 heavy (non-hydrogen) atoms. The normalized spacial score (nSPS) is 19.1. The Kier molecular flexibility index (Phi) is 5.33. The van der Waals surface area contributed by atoms with Crippen molar-refractivity contribution in [2.75, 3.05) is 13.1 Å². The number of carbonyl (C=O) groups excluding carboxylic acids is 1. The maximum atomic E-state index is 13.4. The Labute approximate surface area is 113 Å². The molecule has 1 aromatic rings. The molecule has 0 radical (unpaired) electrons. The topological polar surface area (TPSA) is 41.1 Å². The molecular weight excluding hydrogens is 243 g/mol. The summed E-state index contributed by atoms with van der Waals surface area (Å²) in [6, 6.07) is 6.93. The van der Waals surface area contributed by atoms with Crippen LogP contribution in [0.25, 0.3) is 0 Å². The van der Waals surface area contributed by atoms with Crippen molar-refractivity contribution in [2.45, 2.75) is 38.1 Å². The first-order chi connectivity index (χ1) is 9.25. The van der Waals surface area contributed by atoms with E-state index in [1.807, 2.05) is 0 Å². The van der Waals surface area contributed by atoms with E-state index in [-0.39, 0.29) is 18.1 Å². The Balaban J connectivity index is 1.68. The fraction of sp³-hybridized carbons (Fsp3) is 0.533. The predicted molar refractivity (Wildman–Crippen MR) is 73.4 cm³/mol. The third-order valence-corrected chi connectivity index (χ3v) is 3.54. The zero-order valence-corrected chi connectivity index (χ0v) is 11.1. The number of piperidine rings is 1. The van der Waals surface area contributed by atoms with E-state index in [4.69, 9.17) is 0 Å². The Morgan fingerprint density at radius 3 is 2.95 bits per heavy atom. The van der Waals surface area contributed by atoms with E-state index in [1.165, 1.54) is 25.3 Å². The summed E-state index contributed by atoms with van der Waals surface area (Å²) in [5, 5.41) is 6.30. The highest BCUT2D eigenvalue weighted by molar-refractivity contribution is 5.78. The van der Waals surface area contributed by atoms with E-state index in [9.17, 15) is 9.18 Å². The third-order valence-electron chi connectivity index (χ3n) is 3.54. The van der Waals surface area contributed by atoms with Gasteiger partial charge in [-0.15, -0.1) is 0 Å². The molecule has 1 fully saturated rings. The van der Waals surface area contributed by atoms with Crippen LogP contribution in [0, 0.1) is 5.82 Å². The molecule has 1 saturated heterocycles. The maximum absolute atomic E-state index is 13.4. The molecule has 1 amide bonds. The van der Waals surface area contributed by atoms with Gasteiger partial charge in [-0.3, -0.25) is 4.79 Å². The number of nitrogens with one attached hydrogen (secondary N) is 2. The average Bonchev–Trinajstić information content (AvgIpc) is 2.43. The summed E-state index contributed by atoms with van der Waals surface area (Å²) in [6.45, 7) is 1.73. The first-order valence-electron chi connectivity index (χ1n) is 6.99. The molecule has 0 saturated carbocycles. The molecule has 2 rings (SSSR count). The SMILES string of the molecule is O=C(Cc1ccccc1F)NCCC1CCCCN1. The van der Waals surface area contributed by atoms with Crippen molar-refractivity contribution in [3.05, 3.63) is 35.6 Å². The Bertz CT molecular complexity index is 416. The average molecular weight is 264 g/mol. The largest absolute Gasteiger partial charge is 0.356 e. The zero-order valence-electron chi connectivity index (χ0n) is 11.1. The minimum Gasteiger partial charge on any atom is -0.356 e. The van der Waals surface area contributed by atoms with Crippen LogP contribution in [0.15, 0.2) is 24.3 Å². The highest BCUT2D eigenvalue weighted by Crippen LogP contribution is 2.09. The lowest BCUT2D eigenvalue weighted by atomic mass is 10.0. The van der Waals surface area contributed by atoms with Gasteiger partial charge < -0.3 is 10.6 Å². The lowest BCUT2D eigenvalue weighted by Crippen LogP contribution is -2.37.